The first-order valence-corrected chi connectivity index (χ1v) is 19.3. The van der Waals surface area contributed by atoms with Crippen molar-refractivity contribution in [2.75, 3.05) is 43.9 Å². The average molecular weight is 799 g/mol. The third-order valence-corrected chi connectivity index (χ3v) is 11.1. The predicted molar refractivity (Wildman–Crippen MR) is 206 cm³/mol. The molecule has 2 aromatic heterocycles. The molecule has 302 valence electrons. The van der Waals surface area contributed by atoms with E-state index < -0.39 is 41.4 Å². The number of nitrogens with zero attached hydrogens (tertiary/aromatic N) is 4. The number of halogens is 3. The highest BCUT2D eigenvalue weighted by Gasteiger charge is 2.46. The summed E-state index contributed by atoms with van der Waals surface area (Å²) in [6.45, 7) is 2.64. The number of fused-ring (bicyclic) bond motifs is 2. The zero-order chi connectivity index (χ0) is 40.7. The molecule has 2 saturated heterocycles. The quantitative estimate of drug-likeness (QED) is 0.112. The third kappa shape index (κ3) is 7.77. The van der Waals surface area contributed by atoms with Crippen molar-refractivity contribution in [1.82, 2.24) is 30.4 Å². The summed E-state index contributed by atoms with van der Waals surface area (Å²) in [5.41, 5.74) is 1.01. The van der Waals surface area contributed by atoms with E-state index in [9.17, 15) is 37.1 Å². The fraction of sp³-hybridized carbons (Fsp3) is 0.390. The van der Waals surface area contributed by atoms with Crippen LogP contribution in [0.1, 0.15) is 81.6 Å². The number of ether oxygens (including phenoxy) is 1. The van der Waals surface area contributed by atoms with Crippen molar-refractivity contribution in [3.63, 3.8) is 0 Å². The lowest BCUT2D eigenvalue weighted by Crippen LogP contribution is -2.54. The van der Waals surface area contributed by atoms with Crippen LogP contribution < -0.4 is 26.0 Å². The highest BCUT2D eigenvalue weighted by atomic mass is 19.4. The molecule has 0 radical (unpaired) electrons. The molecule has 4 N–H and O–H groups in total. The van der Waals surface area contributed by atoms with E-state index in [1.807, 2.05) is 0 Å². The Kier molecular flexibility index (Phi) is 10.5. The molecule has 5 heterocycles. The molecule has 14 nitrogen and oxygen atoms in total. The van der Waals surface area contributed by atoms with E-state index in [4.69, 9.17) is 4.74 Å². The summed E-state index contributed by atoms with van der Waals surface area (Å²) in [4.78, 5) is 75.4. The van der Waals surface area contributed by atoms with Crippen LogP contribution in [0.5, 0.6) is 5.88 Å². The molecule has 4 aromatic rings. The average Bonchev–Trinajstić information content (AvgIpc) is 3.99. The molecule has 58 heavy (non-hydrogen) atoms. The van der Waals surface area contributed by atoms with E-state index in [2.05, 4.69) is 36.1 Å². The summed E-state index contributed by atoms with van der Waals surface area (Å²) < 4.78 is 48.8. The molecule has 8 rings (SSSR count). The van der Waals surface area contributed by atoms with Crippen molar-refractivity contribution in [3.8, 4) is 17.0 Å². The van der Waals surface area contributed by atoms with Gasteiger partial charge in [-0.05, 0) is 74.4 Å². The van der Waals surface area contributed by atoms with Gasteiger partial charge in [-0.3, -0.25) is 39.2 Å². The van der Waals surface area contributed by atoms with Crippen LogP contribution in [0.25, 0.3) is 22.0 Å². The summed E-state index contributed by atoms with van der Waals surface area (Å²) in [7, 11) is 1.61. The predicted octanol–water partition coefficient (Wildman–Crippen LogP) is 5.00. The van der Waals surface area contributed by atoms with Crippen molar-refractivity contribution in [2.45, 2.75) is 69.2 Å². The maximum atomic E-state index is 14.3. The van der Waals surface area contributed by atoms with Crippen LogP contribution in [0, 0.1) is 0 Å². The number of amides is 5. The van der Waals surface area contributed by atoms with Gasteiger partial charge >= 0.3 is 6.18 Å². The molecule has 5 amide bonds. The minimum absolute atomic E-state index is 0.0460. The SMILES string of the molecule is CNc1c(C(=O)NC2CC2)cnc2cc(C(F)(F)F)c(-c3ccc(OCCCN4CCC(Nc5cccc6c5C(=O)N(C5CCC(=O)NC5=O)C6=O)CC4)nc3)cc12. The van der Waals surface area contributed by atoms with Crippen LogP contribution in [0.4, 0.5) is 24.5 Å². The number of benzene rings is 2. The number of imide groups is 2. The second-order valence-corrected chi connectivity index (χ2v) is 15.0. The van der Waals surface area contributed by atoms with Crippen molar-refractivity contribution >= 4 is 51.8 Å². The molecule has 3 fully saturated rings. The van der Waals surface area contributed by atoms with Gasteiger partial charge in [-0.1, -0.05) is 6.07 Å². The Morgan fingerprint density at radius 1 is 0.931 bits per heavy atom. The minimum Gasteiger partial charge on any atom is -0.478 e. The third-order valence-electron chi connectivity index (χ3n) is 11.1. The second-order valence-electron chi connectivity index (χ2n) is 15.0. The molecular weight excluding hydrogens is 757 g/mol. The van der Waals surface area contributed by atoms with Crippen LogP contribution in [0.2, 0.25) is 0 Å². The van der Waals surface area contributed by atoms with Crippen LogP contribution in [0.15, 0.2) is 54.9 Å². The first kappa shape index (κ1) is 38.8. The Morgan fingerprint density at radius 3 is 2.41 bits per heavy atom. The maximum Gasteiger partial charge on any atom is 0.417 e. The molecule has 0 bridgehead atoms. The fourth-order valence-electron chi connectivity index (χ4n) is 7.89. The van der Waals surface area contributed by atoms with Crippen molar-refractivity contribution in [1.29, 1.82) is 0 Å². The summed E-state index contributed by atoms with van der Waals surface area (Å²) in [6, 6.07) is 9.59. The molecular formula is C41H41F3N8O6. The van der Waals surface area contributed by atoms with Crippen LogP contribution in [-0.2, 0) is 15.8 Å². The number of hydrogen-bond acceptors (Lipinski definition) is 11. The smallest absolute Gasteiger partial charge is 0.417 e. The molecule has 4 aliphatic rings. The van der Waals surface area contributed by atoms with Gasteiger partial charge in [-0.15, -0.1) is 0 Å². The monoisotopic (exact) mass is 798 g/mol. The first-order valence-electron chi connectivity index (χ1n) is 19.3. The van der Waals surface area contributed by atoms with E-state index in [1.165, 1.54) is 30.6 Å². The Balaban J connectivity index is 0.851. The number of nitrogens with one attached hydrogen (secondary N) is 4. The van der Waals surface area contributed by atoms with Crippen LogP contribution in [0.3, 0.4) is 0 Å². The molecule has 0 spiro atoms. The number of likely N-dealkylation sites (tertiary alicyclic amines) is 1. The summed E-state index contributed by atoms with van der Waals surface area (Å²) in [6.07, 6.45) is 2.12. The standard InChI is InChI=1S/C41H41F3N8O6/c1-45-36-27-18-26(29(41(42,43)44)19-31(27)46-21-28(36)37(54)49-23-7-8-23)22-6-11-34(47-20-22)58-17-3-14-51-15-12-24(13-16-51)48-30-5-2-4-25-35(30)40(57)52(39(25)56)32-9-10-33(53)50-38(32)55/h2,4-6,11,18-21,23-24,32,48H,3,7-10,12-17H2,1H3,(H,45,46)(H,49,54)(H,50,53,55). The summed E-state index contributed by atoms with van der Waals surface area (Å²) in [5, 5.41) is 11.9. The van der Waals surface area contributed by atoms with E-state index in [0.717, 1.165) is 56.3 Å². The van der Waals surface area contributed by atoms with E-state index in [1.54, 1.807) is 25.2 Å². The van der Waals surface area contributed by atoms with Gasteiger partial charge < -0.3 is 25.6 Å². The topological polar surface area (TPSA) is 175 Å². The highest BCUT2D eigenvalue weighted by molar-refractivity contribution is 6.25. The Hall–Kier alpha value is -6.10. The van der Waals surface area contributed by atoms with Gasteiger partial charge in [-0.25, -0.2) is 4.98 Å². The van der Waals surface area contributed by atoms with Crippen LogP contribution in [-0.4, -0.2) is 101 Å². The second kappa shape index (κ2) is 15.7. The molecule has 2 aromatic carbocycles. The minimum atomic E-state index is -4.67. The maximum absolute atomic E-state index is 14.3. The van der Waals surface area contributed by atoms with E-state index >= 15 is 0 Å². The number of carbonyl (C=O) groups is 5. The van der Waals surface area contributed by atoms with Gasteiger partial charge in [0.25, 0.3) is 17.7 Å². The summed E-state index contributed by atoms with van der Waals surface area (Å²) >= 11 is 0. The first-order chi connectivity index (χ1) is 27.9. The largest absolute Gasteiger partial charge is 0.478 e. The number of rotatable bonds is 12. The number of aromatic nitrogens is 2. The zero-order valence-electron chi connectivity index (χ0n) is 31.6. The van der Waals surface area contributed by atoms with Crippen molar-refractivity contribution < 1.29 is 41.9 Å². The number of anilines is 2. The number of carbonyl (C=O) groups excluding carboxylic acids is 5. The normalized spacial score (nSPS) is 19.0. The molecule has 1 aliphatic carbocycles. The van der Waals surface area contributed by atoms with Gasteiger partial charge in [0.15, 0.2) is 0 Å². The number of hydrogen-bond donors (Lipinski definition) is 4. The van der Waals surface area contributed by atoms with Gasteiger partial charge in [0, 0.05) is 80.3 Å². The van der Waals surface area contributed by atoms with E-state index in [-0.39, 0.29) is 70.0 Å². The lowest BCUT2D eigenvalue weighted by molar-refractivity contribution is -0.137. The Bertz CT molecular complexity index is 2310. The van der Waals surface area contributed by atoms with Crippen molar-refractivity contribution in [2.24, 2.45) is 0 Å². The van der Waals surface area contributed by atoms with Gasteiger partial charge in [0.05, 0.1) is 40.1 Å². The van der Waals surface area contributed by atoms with Crippen LogP contribution >= 0.6 is 0 Å². The number of alkyl halides is 3. The van der Waals surface area contributed by atoms with Gasteiger partial charge in [0.1, 0.15) is 6.04 Å². The fourth-order valence-corrected chi connectivity index (χ4v) is 7.89. The molecule has 1 atom stereocenters. The highest BCUT2D eigenvalue weighted by Crippen LogP contribution is 2.41. The lowest BCUT2D eigenvalue weighted by atomic mass is 9.96. The molecule has 17 heteroatoms. The number of pyridine rings is 2. The van der Waals surface area contributed by atoms with Gasteiger partial charge in [0.2, 0.25) is 17.7 Å². The lowest BCUT2D eigenvalue weighted by Gasteiger charge is -2.33. The Morgan fingerprint density at radius 2 is 1.72 bits per heavy atom. The molecule has 3 aliphatic heterocycles. The number of piperidine rings is 2. The molecule has 1 unspecified atom stereocenters. The zero-order valence-corrected chi connectivity index (χ0v) is 31.6. The van der Waals surface area contributed by atoms with Gasteiger partial charge in [-0.2, -0.15) is 13.2 Å². The Labute approximate surface area is 330 Å². The molecule has 1 saturated carbocycles. The van der Waals surface area contributed by atoms with E-state index in [0.29, 0.717) is 29.8 Å². The van der Waals surface area contributed by atoms with Crippen molar-refractivity contribution in [3.05, 3.63) is 77.1 Å². The summed E-state index contributed by atoms with van der Waals surface area (Å²) in [5.74, 6) is -2.24.